The molecule has 0 aliphatic carbocycles. The second kappa shape index (κ2) is 6.49. The molecule has 3 rings (SSSR count). The predicted octanol–water partition coefficient (Wildman–Crippen LogP) is 2.50. The fraction of sp³-hybridized carbons (Fsp3) is 0.176. The van der Waals surface area contributed by atoms with E-state index in [4.69, 9.17) is 14.6 Å². The first-order valence-electron chi connectivity index (χ1n) is 7.32. The Bertz CT molecular complexity index is 802. The number of aromatic carboxylic acids is 1. The highest BCUT2D eigenvalue weighted by Gasteiger charge is 2.17. The van der Waals surface area contributed by atoms with Crippen LogP contribution in [0, 0.1) is 0 Å². The fourth-order valence-electron chi connectivity index (χ4n) is 2.32. The molecular formula is C17H15NO6. The van der Waals surface area contributed by atoms with Crippen molar-refractivity contribution in [1.82, 2.24) is 0 Å². The number of hydrogen-bond acceptors (Lipinski definition) is 5. The third-order valence-electron chi connectivity index (χ3n) is 3.49. The van der Waals surface area contributed by atoms with Crippen molar-refractivity contribution in [2.75, 3.05) is 18.5 Å². The van der Waals surface area contributed by atoms with E-state index in [1.807, 2.05) is 0 Å². The number of rotatable bonds is 3. The van der Waals surface area contributed by atoms with E-state index in [9.17, 15) is 14.7 Å². The van der Waals surface area contributed by atoms with Crippen LogP contribution in [0.2, 0.25) is 0 Å². The first kappa shape index (κ1) is 15.7. The van der Waals surface area contributed by atoms with Gasteiger partial charge in [0.05, 0.1) is 24.5 Å². The van der Waals surface area contributed by atoms with Gasteiger partial charge in [0.1, 0.15) is 5.75 Å². The zero-order valence-electron chi connectivity index (χ0n) is 12.6. The van der Waals surface area contributed by atoms with Crippen molar-refractivity contribution < 1.29 is 29.3 Å². The van der Waals surface area contributed by atoms with Gasteiger partial charge in [-0.15, -0.1) is 0 Å². The van der Waals surface area contributed by atoms with Gasteiger partial charge in [-0.3, -0.25) is 4.79 Å². The number of benzene rings is 2. The molecule has 124 valence electrons. The third kappa shape index (κ3) is 3.24. The van der Waals surface area contributed by atoms with Crippen LogP contribution in [0.25, 0.3) is 0 Å². The van der Waals surface area contributed by atoms with Crippen molar-refractivity contribution in [3.8, 4) is 17.2 Å². The first-order valence-corrected chi connectivity index (χ1v) is 7.32. The molecule has 0 unspecified atom stereocenters. The Morgan fingerprint density at radius 3 is 2.50 bits per heavy atom. The molecule has 1 amide bonds. The summed E-state index contributed by atoms with van der Waals surface area (Å²) in [6, 6.07) is 8.48. The minimum absolute atomic E-state index is 0.0948. The van der Waals surface area contributed by atoms with Gasteiger partial charge in [-0.1, -0.05) is 0 Å². The second-order valence-electron chi connectivity index (χ2n) is 5.20. The predicted molar refractivity (Wildman–Crippen MR) is 85.1 cm³/mol. The summed E-state index contributed by atoms with van der Waals surface area (Å²) >= 11 is 0. The van der Waals surface area contributed by atoms with Gasteiger partial charge in [-0.2, -0.15) is 0 Å². The summed E-state index contributed by atoms with van der Waals surface area (Å²) in [7, 11) is 0. The number of phenolic OH excluding ortho intramolecular Hbond substituents is 1. The van der Waals surface area contributed by atoms with Crippen LogP contribution in [0.15, 0.2) is 36.4 Å². The van der Waals surface area contributed by atoms with Gasteiger partial charge >= 0.3 is 5.97 Å². The van der Waals surface area contributed by atoms with Gasteiger partial charge in [0.15, 0.2) is 11.5 Å². The lowest BCUT2D eigenvalue weighted by Gasteiger charge is -2.11. The molecule has 0 spiro atoms. The zero-order valence-corrected chi connectivity index (χ0v) is 12.6. The topological polar surface area (TPSA) is 105 Å². The Morgan fingerprint density at radius 1 is 1.00 bits per heavy atom. The minimum Gasteiger partial charge on any atom is -0.508 e. The van der Waals surface area contributed by atoms with Crippen LogP contribution in [-0.2, 0) is 0 Å². The number of carboxylic acids is 1. The Morgan fingerprint density at radius 2 is 1.75 bits per heavy atom. The molecule has 7 nitrogen and oxygen atoms in total. The summed E-state index contributed by atoms with van der Waals surface area (Å²) in [5.41, 5.74) is 0.207. The maximum Gasteiger partial charge on any atom is 0.337 e. The number of amides is 1. The maximum atomic E-state index is 12.4. The van der Waals surface area contributed by atoms with Crippen molar-refractivity contribution in [3.05, 3.63) is 47.5 Å². The lowest BCUT2D eigenvalue weighted by Crippen LogP contribution is -2.15. The van der Waals surface area contributed by atoms with Gasteiger partial charge in [0.2, 0.25) is 0 Å². The highest BCUT2D eigenvalue weighted by atomic mass is 16.5. The Labute approximate surface area is 137 Å². The molecule has 3 N–H and O–H groups in total. The van der Waals surface area contributed by atoms with E-state index in [2.05, 4.69) is 5.32 Å². The highest BCUT2D eigenvalue weighted by Crippen LogP contribution is 2.31. The molecule has 7 heteroatoms. The number of fused-ring (bicyclic) bond motifs is 1. The molecule has 0 saturated carbocycles. The number of anilines is 1. The number of carbonyl (C=O) groups excluding carboxylic acids is 1. The molecule has 0 radical (unpaired) electrons. The molecule has 2 aromatic carbocycles. The van der Waals surface area contributed by atoms with Gasteiger partial charge < -0.3 is 25.0 Å². The maximum absolute atomic E-state index is 12.4. The molecule has 1 heterocycles. The summed E-state index contributed by atoms with van der Waals surface area (Å²) in [5.74, 6) is -0.885. The molecule has 1 aliphatic heterocycles. The van der Waals surface area contributed by atoms with Crippen molar-refractivity contribution in [2.24, 2.45) is 0 Å². The quantitative estimate of drug-likeness (QED) is 0.747. The summed E-state index contributed by atoms with van der Waals surface area (Å²) in [6.45, 7) is 1.05. The van der Waals surface area contributed by atoms with Gasteiger partial charge in [-0.05, 0) is 36.4 Å². The normalized spacial score (nSPS) is 13.0. The standard InChI is InChI=1S/C17H15NO6/c19-11-3-4-13(12(9-11)17(21)22)18-16(20)10-2-5-14-15(8-10)24-7-1-6-23-14/h2-5,8-9,19H,1,6-7H2,(H,18,20)(H,21,22). The first-order chi connectivity index (χ1) is 11.5. The fourth-order valence-corrected chi connectivity index (χ4v) is 2.32. The van der Waals surface area contributed by atoms with E-state index in [1.54, 1.807) is 18.2 Å². The molecule has 0 saturated heterocycles. The number of phenols is 1. The van der Waals surface area contributed by atoms with E-state index in [1.165, 1.54) is 12.1 Å². The van der Waals surface area contributed by atoms with Gasteiger partial charge in [0.25, 0.3) is 5.91 Å². The van der Waals surface area contributed by atoms with Crippen LogP contribution < -0.4 is 14.8 Å². The Balaban J connectivity index is 1.86. The largest absolute Gasteiger partial charge is 0.508 e. The SMILES string of the molecule is O=C(Nc1ccc(O)cc1C(=O)O)c1ccc2c(c1)OCCCO2. The van der Waals surface area contributed by atoms with Crippen molar-refractivity contribution in [3.63, 3.8) is 0 Å². The van der Waals surface area contributed by atoms with E-state index in [0.29, 0.717) is 30.3 Å². The van der Waals surface area contributed by atoms with Crippen molar-refractivity contribution in [1.29, 1.82) is 0 Å². The summed E-state index contributed by atoms with van der Waals surface area (Å²) < 4.78 is 11.0. The number of aromatic hydroxyl groups is 1. The highest BCUT2D eigenvalue weighted by molar-refractivity contribution is 6.08. The number of carboxylic acid groups (broad SMARTS) is 1. The number of nitrogens with one attached hydrogen (secondary N) is 1. The van der Waals surface area contributed by atoms with Crippen molar-refractivity contribution in [2.45, 2.75) is 6.42 Å². The van der Waals surface area contributed by atoms with Crippen molar-refractivity contribution >= 4 is 17.6 Å². The average molecular weight is 329 g/mol. The molecule has 0 atom stereocenters. The average Bonchev–Trinajstić information content (AvgIpc) is 2.80. The lowest BCUT2D eigenvalue weighted by atomic mass is 10.1. The van der Waals surface area contributed by atoms with Crippen LogP contribution in [-0.4, -0.2) is 35.3 Å². The smallest absolute Gasteiger partial charge is 0.337 e. The monoisotopic (exact) mass is 329 g/mol. The second-order valence-corrected chi connectivity index (χ2v) is 5.20. The van der Waals surface area contributed by atoms with Gasteiger partial charge in [-0.25, -0.2) is 4.79 Å². The number of ether oxygens (including phenoxy) is 2. The summed E-state index contributed by atoms with van der Waals surface area (Å²) in [5, 5.41) is 21.1. The van der Waals surface area contributed by atoms with Crippen LogP contribution in [0.3, 0.4) is 0 Å². The van der Waals surface area contributed by atoms with E-state index in [-0.39, 0.29) is 17.0 Å². The van der Waals surface area contributed by atoms with Crippen LogP contribution in [0.4, 0.5) is 5.69 Å². The van der Waals surface area contributed by atoms with E-state index >= 15 is 0 Å². The Kier molecular flexibility index (Phi) is 4.24. The molecule has 0 bridgehead atoms. The lowest BCUT2D eigenvalue weighted by molar-refractivity contribution is 0.0697. The summed E-state index contributed by atoms with van der Waals surface area (Å²) in [4.78, 5) is 23.6. The van der Waals surface area contributed by atoms with Crippen LogP contribution >= 0.6 is 0 Å². The molecule has 1 aliphatic rings. The molecule has 24 heavy (non-hydrogen) atoms. The van der Waals surface area contributed by atoms with Gasteiger partial charge in [0, 0.05) is 12.0 Å². The zero-order chi connectivity index (χ0) is 17.1. The number of hydrogen-bond donors (Lipinski definition) is 3. The Hall–Kier alpha value is -3.22. The van der Waals surface area contributed by atoms with Crippen LogP contribution in [0.1, 0.15) is 27.1 Å². The number of carbonyl (C=O) groups is 2. The van der Waals surface area contributed by atoms with E-state index < -0.39 is 11.9 Å². The summed E-state index contributed by atoms with van der Waals surface area (Å²) in [6.07, 6.45) is 0.756. The molecule has 0 aromatic heterocycles. The molecular weight excluding hydrogens is 314 g/mol. The molecule has 2 aromatic rings. The van der Waals surface area contributed by atoms with Crippen LogP contribution in [0.5, 0.6) is 17.2 Å². The third-order valence-corrected chi connectivity index (χ3v) is 3.49. The van der Waals surface area contributed by atoms with E-state index in [0.717, 1.165) is 12.5 Å². The molecule has 0 fully saturated rings. The minimum atomic E-state index is -1.25.